The highest BCUT2D eigenvalue weighted by atomic mass is 32.2. The minimum Gasteiger partial charge on any atom is -0.319 e. The zero-order valence-electron chi connectivity index (χ0n) is 14.7. The number of nitrogens with zero attached hydrogens (tertiary/aromatic N) is 2. The Morgan fingerprint density at radius 1 is 1.00 bits per heavy atom. The normalized spacial score (nSPS) is 16.3. The van der Waals surface area contributed by atoms with E-state index >= 15 is 0 Å². The highest BCUT2D eigenvalue weighted by molar-refractivity contribution is 7.89. The van der Waals surface area contributed by atoms with Crippen molar-refractivity contribution in [2.75, 3.05) is 38.5 Å². The molecule has 0 radical (unpaired) electrons. The van der Waals surface area contributed by atoms with E-state index in [1.165, 1.54) is 28.6 Å². The number of likely N-dealkylation sites (N-methyl/N-ethyl adjacent to an activating group) is 1. The van der Waals surface area contributed by atoms with Crippen molar-refractivity contribution in [3.8, 4) is 0 Å². The van der Waals surface area contributed by atoms with Gasteiger partial charge in [-0.25, -0.2) is 17.2 Å². The van der Waals surface area contributed by atoms with Crippen molar-refractivity contribution in [1.29, 1.82) is 0 Å². The van der Waals surface area contributed by atoms with Crippen LogP contribution in [-0.2, 0) is 10.0 Å². The third-order valence-corrected chi connectivity index (χ3v) is 6.29. The second kappa shape index (κ2) is 7.71. The summed E-state index contributed by atoms with van der Waals surface area (Å²) < 4.78 is 53.9. The lowest BCUT2D eigenvalue weighted by molar-refractivity contribution is 0.102. The number of benzene rings is 2. The van der Waals surface area contributed by atoms with Crippen LogP contribution in [0, 0.1) is 11.6 Å². The zero-order valence-corrected chi connectivity index (χ0v) is 15.5. The summed E-state index contributed by atoms with van der Waals surface area (Å²) in [6, 6.07) is 8.15. The van der Waals surface area contributed by atoms with Gasteiger partial charge in [-0.2, -0.15) is 4.31 Å². The number of anilines is 1. The Hall–Kier alpha value is -2.36. The lowest BCUT2D eigenvalue weighted by Crippen LogP contribution is -2.47. The molecule has 0 unspecified atom stereocenters. The minimum absolute atomic E-state index is 0.151. The predicted molar refractivity (Wildman–Crippen MR) is 97.0 cm³/mol. The van der Waals surface area contributed by atoms with E-state index in [1.54, 1.807) is 0 Å². The van der Waals surface area contributed by atoms with E-state index < -0.39 is 27.6 Å². The third-order valence-electron chi connectivity index (χ3n) is 4.40. The summed E-state index contributed by atoms with van der Waals surface area (Å²) in [6.45, 7) is 1.88. The third kappa shape index (κ3) is 4.32. The van der Waals surface area contributed by atoms with Gasteiger partial charge in [0.25, 0.3) is 5.91 Å². The van der Waals surface area contributed by atoms with Crippen molar-refractivity contribution in [3.63, 3.8) is 0 Å². The van der Waals surface area contributed by atoms with Crippen molar-refractivity contribution in [2.45, 2.75) is 4.90 Å². The van der Waals surface area contributed by atoms with Crippen LogP contribution in [0.25, 0.3) is 0 Å². The second-order valence-corrected chi connectivity index (χ2v) is 8.25. The molecular formula is C18H19F2N3O3S. The van der Waals surface area contributed by atoms with Gasteiger partial charge in [0.1, 0.15) is 11.6 Å². The number of carbonyl (C=O) groups excluding carboxylic acids is 1. The van der Waals surface area contributed by atoms with Crippen LogP contribution in [-0.4, -0.2) is 56.8 Å². The number of piperazine rings is 1. The lowest BCUT2D eigenvalue weighted by atomic mass is 10.2. The molecule has 0 aromatic heterocycles. The number of sulfonamides is 1. The fourth-order valence-corrected chi connectivity index (χ4v) is 4.17. The maximum Gasteiger partial charge on any atom is 0.255 e. The molecule has 1 aliphatic heterocycles. The monoisotopic (exact) mass is 395 g/mol. The van der Waals surface area contributed by atoms with E-state index in [9.17, 15) is 22.0 Å². The summed E-state index contributed by atoms with van der Waals surface area (Å²) in [4.78, 5) is 14.0. The summed E-state index contributed by atoms with van der Waals surface area (Å²) in [5, 5.41) is 2.36. The first-order valence-corrected chi connectivity index (χ1v) is 9.76. The van der Waals surface area contributed by atoms with Gasteiger partial charge in [0.2, 0.25) is 10.0 Å². The zero-order chi connectivity index (χ0) is 19.6. The quantitative estimate of drug-likeness (QED) is 0.861. The number of nitrogens with one attached hydrogen (secondary N) is 1. The van der Waals surface area contributed by atoms with Crippen molar-refractivity contribution in [2.24, 2.45) is 0 Å². The van der Waals surface area contributed by atoms with Gasteiger partial charge in [0.15, 0.2) is 0 Å². The molecule has 6 nitrogen and oxygen atoms in total. The smallest absolute Gasteiger partial charge is 0.255 e. The summed E-state index contributed by atoms with van der Waals surface area (Å²) >= 11 is 0. The summed E-state index contributed by atoms with van der Waals surface area (Å²) in [6.07, 6.45) is 0. The van der Waals surface area contributed by atoms with Crippen LogP contribution in [0.5, 0.6) is 0 Å². The molecule has 0 aliphatic carbocycles. The topological polar surface area (TPSA) is 69.7 Å². The number of halogens is 2. The Labute approximate surface area is 156 Å². The molecule has 0 saturated carbocycles. The molecule has 1 saturated heterocycles. The van der Waals surface area contributed by atoms with Crippen molar-refractivity contribution < 1.29 is 22.0 Å². The van der Waals surface area contributed by atoms with Gasteiger partial charge in [-0.3, -0.25) is 4.79 Å². The first kappa shape index (κ1) is 19.4. The Kier molecular flexibility index (Phi) is 5.54. The highest BCUT2D eigenvalue weighted by Crippen LogP contribution is 2.23. The number of amides is 1. The first-order chi connectivity index (χ1) is 12.8. The van der Waals surface area contributed by atoms with Crippen LogP contribution in [0.15, 0.2) is 47.4 Å². The Bertz CT molecular complexity index is 941. The Morgan fingerprint density at radius 3 is 2.22 bits per heavy atom. The summed E-state index contributed by atoms with van der Waals surface area (Å²) in [5.74, 6) is -1.97. The van der Waals surface area contributed by atoms with Crippen LogP contribution >= 0.6 is 0 Å². The van der Waals surface area contributed by atoms with E-state index in [2.05, 4.69) is 5.32 Å². The van der Waals surface area contributed by atoms with Gasteiger partial charge in [0.05, 0.1) is 10.6 Å². The van der Waals surface area contributed by atoms with Crippen LogP contribution in [0.1, 0.15) is 10.4 Å². The van der Waals surface area contributed by atoms with Gasteiger partial charge >= 0.3 is 0 Å². The van der Waals surface area contributed by atoms with Gasteiger partial charge in [-0.15, -0.1) is 0 Å². The average Bonchev–Trinajstić information content (AvgIpc) is 2.64. The molecule has 1 fully saturated rings. The summed E-state index contributed by atoms with van der Waals surface area (Å²) in [7, 11) is -1.89. The number of hydrogen-bond acceptors (Lipinski definition) is 4. The number of rotatable bonds is 4. The molecule has 0 atom stereocenters. The van der Waals surface area contributed by atoms with Crippen molar-refractivity contribution in [3.05, 3.63) is 59.7 Å². The summed E-state index contributed by atoms with van der Waals surface area (Å²) in [5.41, 5.74) is 0.00610. The van der Waals surface area contributed by atoms with Gasteiger partial charge in [-0.05, 0) is 49.5 Å². The van der Waals surface area contributed by atoms with E-state index in [4.69, 9.17) is 0 Å². The van der Waals surface area contributed by atoms with Gasteiger partial charge < -0.3 is 10.2 Å². The predicted octanol–water partition coefficient (Wildman–Crippen LogP) is 2.15. The lowest BCUT2D eigenvalue weighted by Gasteiger charge is -2.31. The molecule has 1 amide bonds. The Balaban J connectivity index is 1.77. The number of hydrogen-bond donors (Lipinski definition) is 1. The van der Waals surface area contributed by atoms with Gasteiger partial charge in [0, 0.05) is 31.7 Å². The molecule has 27 heavy (non-hydrogen) atoms. The molecule has 3 rings (SSSR count). The Morgan fingerprint density at radius 2 is 1.63 bits per heavy atom. The fraction of sp³-hybridized carbons (Fsp3) is 0.278. The van der Waals surface area contributed by atoms with E-state index in [0.717, 1.165) is 18.2 Å². The molecule has 1 aliphatic rings. The largest absolute Gasteiger partial charge is 0.319 e. The van der Waals surface area contributed by atoms with Crippen LogP contribution < -0.4 is 5.32 Å². The number of carbonyl (C=O) groups is 1. The van der Waals surface area contributed by atoms with Crippen LogP contribution in [0.3, 0.4) is 0 Å². The molecule has 144 valence electrons. The van der Waals surface area contributed by atoms with Crippen LogP contribution in [0.4, 0.5) is 14.5 Å². The highest BCUT2D eigenvalue weighted by Gasteiger charge is 2.28. The maximum atomic E-state index is 14.4. The van der Waals surface area contributed by atoms with Crippen LogP contribution in [0.2, 0.25) is 0 Å². The SMILES string of the molecule is CN1CCN(S(=O)(=O)c2ccc(NC(=O)c3ccc(F)cc3)c(F)c2)CC1. The molecule has 0 bridgehead atoms. The van der Waals surface area contributed by atoms with Gasteiger partial charge in [-0.1, -0.05) is 0 Å². The van der Waals surface area contributed by atoms with E-state index in [1.807, 2.05) is 11.9 Å². The first-order valence-electron chi connectivity index (χ1n) is 8.32. The molecule has 2 aromatic rings. The van der Waals surface area contributed by atoms with E-state index in [0.29, 0.717) is 26.2 Å². The van der Waals surface area contributed by atoms with Crippen molar-refractivity contribution in [1.82, 2.24) is 9.21 Å². The molecule has 2 aromatic carbocycles. The van der Waals surface area contributed by atoms with Crippen molar-refractivity contribution >= 4 is 21.6 Å². The molecular weight excluding hydrogens is 376 g/mol. The molecule has 1 N–H and O–H groups in total. The molecule has 1 heterocycles. The maximum absolute atomic E-state index is 14.4. The standard InChI is InChI=1S/C18H19F2N3O3S/c1-22-8-10-23(11-9-22)27(25,26)15-6-7-17(16(20)12-15)21-18(24)13-2-4-14(19)5-3-13/h2-7,12H,8-11H2,1H3,(H,21,24). The fourth-order valence-electron chi connectivity index (χ4n) is 2.73. The molecule has 0 spiro atoms. The average molecular weight is 395 g/mol. The second-order valence-electron chi connectivity index (χ2n) is 6.31. The minimum atomic E-state index is -3.80. The van der Waals surface area contributed by atoms with E-state index in [-0.39, 0.29) is 16.1 Å². The molecule has 9 heteroatoms.